The number of alkyl halides is 1. The average molecular weight is 275 g/mol. The smallest absolute Gasteiger partial charge is 0.244 e. The highest BCUT2D eigenvalue weighted by molar-refractivity contribution is 7.89. The molecule has 2 bridgehead atoms. The Hall–Kier alpha value is -0.520. The predicted molar refractivity (Wildman–Crippen MR) is 65.4 cm³/mol. The Morgan fingerprint density at radius 3 is 2.82 bits per heavy atom. The minimum Gasteiger partial charge on any atom is -0.363 e. The van der Waals surface area contributed by atoms with Gasteiger partial charge in [-0.05, 0) is 31.2 Å². The van der Waals surface area contributed by atoms with E-state index in [1.807, 2.05) is 0 Å². The molecule has 1 N–H and O–H groups in total. The molecule has 1 aliphatic carbocycles. The van der Waals surface area contributed by atoms with Crippen molar-refractivity contribution in [3.8, 4) is 0 Å². The van der Waals surface area contributed by atoms with Crippen LogP contribution in [0, 0.1) is 5.92 Å². The van der Waals surface area contributed by atoms with Gasteiger partial charge < -0.3 is 4.98 Å². The highest BCUT2D eigenvalue weighted by Crippen LogP contribution is 2.40. The van der Waals surface area contributed by atoms with Crippen LogP contribution in [-0.4, -0.2) is 30.3 Å². The maximum Gasteiger partial charge on any atom is 0.244 e. The molecule has 1 aromatic rings. The summed E-state index contributed by atoms with van der Waals surface area (Å²) in [6, 6.07) is 1.85. The lowest BCUT2D eigenvalue weighted by atomic mass is 10.1. The van der Waals surface area contributed by atoms with Crippen LogP contribution in [-0.2, 0) is 15.9 Å². The zero-order chi connectivity index (χ0) is 12.0. The van der Waals surface area contributed by atoms with Crippen molar-refractivity contribution >= 4 is 21.6 Å². The number of rotatable bonds is 3. The Balaban J connectivity index is 1.90. The molecule has 1 saturated heterocycles. The molecule has 2 atom stereocenters. The molecule has 0 spiro atoms. The first-order valence-corrected chi connectivity index (χ1v) is 7.84. The van der Waals surface area contributed by atoms with Gasteiger partial charge in [0.15, 0.2) is 0 Å². The lowest BCUT2D eigenvalue weighted by molar-refractivity contribution is 0.333. The topological polar surface area (TPSA) is 53.2 Å². The Morgan fingerprint density at radius 2 is 2.29 bits per heavy atom. The van der Waals surface area contributed by atoms with Crippen LogP contribution in [0.4, 0.5) is 0 Å². The van der Waals surface area contributed by atoms with Crippen LogP contribution in [0.25, 0.3) is 0 Å². The van der Waals surface area contributed by atoms with E-state index in [0.29, 0.717) is 23.2 Å². The molecule has 17 heavy (non-hydrogen) atoms. The molecule has 1 aromatic heterocycles. The van der Waals surface area contributed by atoms with Crippen molar-refractivity contribution in [2.24, 2.45) is 5.92 Å². The third kappa shape index (κ3) is 1.80. The molecule has 4 nitrogen and oxygen atoms in total. The molecule has 2 unspecified atom stereocenters. The van der Waals surface area contributed by atoms with Crippen molar-refractivity contribution in [1.29, 1.82) is 0 Å². The Bertz CT molecular complexity index is 525. The second-order valence-corrected chi connectivity index (χ2v) is 7.06. The highest BCUT2D eigenvalue weighted by Gasteiger charge is 2.44. The second kappa shape index (κ2) is 4.00. The number of halogens is 1. The second-order valence-electron chi connectivity index (χ2n) is 4.90. The van der Waals surface area contributed by atoms with Crippen LogP contribution in [0.5, 0.6) is 0 Å². The summed E-state index contributed by atoms with van der Waals surface area (Å²) in [5, 5.41) is 0. The molecular weight excluding hydrogens is 260 g/mol. The summed E-state index contributed by atoms with van der Waals surface area (Å²) in [5.41, 5.74) is 0.745. The van der Waals surface area contributed by atoms with Gasteiger partial charge in [0.2, 0.25) is 10.0 Å². The molecule has 2 heterocycles. The van der Waals surface area contributed by atoms with Crippen LogP contribution >= 0.6 is 11.6 Å². The number of fused-ring (bicyclic) bond motifs is 2. The summed E-state index contributed by atoms with van der Waals surface area (Å²) in [7, 11) is -3.32. The highest BCUT2D eigenvalue weighted by atomic mass is 35.5. The van der Waals surface area contributed by atoms with Crippen LogP contribution in [0.1, 0.15) is 25.0 Å². The van der Waals surface area contributed by atoms with Crippen molar-refractivity contribution in [1.82, 2.24) is 9.29 Å². The molecule has 0 radical (unpaired) electrons. The maximum absolute atomic E-state index is 12.4. The maximum atomic E-state index is 12.4. The van der Waals surface area contributed by atoms with Gasteiger partial charge in [-0.1, -0.05) is 0 Å². The van der Waals surface area contributed by atoms with E-state index >= 15 is 0 Å². The third-order valence-electron chi connectivity index (χ3n) is 3.83. The van der Waals surface area contributed by atoms with E-state index in [9.17, 15) is 8.42 Å². The molecule has 1 aliphatic heterocycles. The van der Waals surface area contributed by atoms with Gasteiger partial charge in [-0.25, -0.2) is 8.42 Å². The van der Waals surface area contributed by atoms with E-state index in [1.54, 1.807) is 16.6 Å². The molecule has 3 rings (SSSR count). The summed E-state index contributed by atoms with van der Waals surface area (Å²) < 4.78 is 26.5. The molecule has 6 heteroatoms. The molecule has 1 saturated carbocycles. The van der Waals surface area contributed by atoms with Gasteiger partial charge in [0.1, 0.15) is 0 Å². The number of aromatic amines is 1. The third-order valence-corrected chi connectivity index (χ3v) is 6.01. The number of H-pyrrole nitrogens is 1. The van der Waals surface area contributed by atoms with E-state index in [1.165, 1.54) is 6.42 Å². The van der Waals surface area contributed by atoms with Crippen molar-refractivity contribution in [2.75, 3.05) is 6.54 Å². The summed E-state index contributed by atoms with van der Waals surface area (Å²) in [5.74, 6) is 0.878. The number of aromatic nitrogens is 1. The van der Waals surface area contributed by atoms with E-state index in [4.69, 9.17) is 11.6 Å². The molecular formula is C11H15ClN2O2S. The van der Waals surface area contributed by atoms with Crippen molar-refractivity contribution in [3.05, 3.63) is 18.0 Å². The fourth-order valence-corrected chi connectivity index (χ4v) is 4.87. The van der Waals surface area contributed by atoms with Crippen LogP contribution < -0.4 is 0 Å². The summed E-state index contributed by atoms with van der Waals surface area (Å²) in [6.45, 7) is 0.689. The SMILES string of the molecule is O=S(=O)(c1c[nH]c(CCl)c1)N1CC2CCC1C2. The molecule has 0 aromatic carbocycles. The molecule has 94 valence electrons. The van der Waals surface area contributed by atoms with Gasteiger partial charge in [0, 0.05) is 24.5 Å². The lowest BCUT2D eigenvalue weighted by Crippen LogP contribution is -2.37. The summed E-state index contributed by atoms with van der Waals surface area (Å²) in [6.07, 6.45) is 4.76. The molecule has 0 amide bonds. The van der Waals surface area contributed by atoms with Gasteiger partial charge in [0.05, 0.1) is 10.8 Å². The van der Waals surface area contributed by atoms with E-state index in [0.717, 1.165) is 18.5 Å². The largest absolute Gasteiger partial charge is 0.363 e. The number of hydrogen-bond acceptors (Lipinski definition) is 2. The first kappa shape index (κ1) is 11.6. The summed E-state index contributed by atoms with van der Waals surface area (Å²) in [4.78, 5) is 3.24. The van der Waals surface area contributed by atoms with Gasteiger partial charge in [-0.15, -0.1) is 11.6 Å². The molecule has 2 fully saturated rings. The standard InChI is InChI=1S/C11H15ClN2O2S/c12-5-9-4-11(6-13-9)17(15,16)14-7-8-1-2-10(14)3-8/h4,6,8,10,13H,1-3,5,7H2. The quantitative estimate of drug-likeness (QED) is 0.857. The number of nitrogens with zero attached hydrogens (tertiary/aromatic N) is 1. The Labute approximate surface area is 106 Å². The van der Waals surface area contributed by atoms with E-state index in [-0.39, 0.29) is 6.04 Å². The first-order chi connectivity index (χ1) is 8.11. The predicted octanol–water partition coefficient (Wildman–Crippen LogP) is 1.93. The first-order valence-electron chi connectivity index (χ1n) is 5.86. The van der Waals surface area contributed by atoms with Crippen molar-refractivity contribution in [2.45, 2.75) is 36.1 Å². The fraction of sp³-hybridized carbons (Fsp3) is 0.636. The van der Waals surface area contributed by atoms with Gasteiger partial charge in [-0.3, -0.25) is 0 Å². The van der Waals surface area contributed by atoms with E-state index in [2.05, 4.69) is 4.98 Å². The number of nitrogens with one attached hydrogen (secondary N) is 1. The Morgan fingerprint density at radius 1 is 1.47 bits per heavy atom. The van der Waals surface area contributed by atoms with Crippen LogP contribution in [0.15, 0.2) is 17.2 Å². The monoisotopic (exact) mass is 274 g/mol. The zero-order valence-corrected chi connectivity index (χ0v) is 11.0. The number of sulfonamides is 1. The van der Waals surface area contributed by atoms with Crippen LogP contribution in [0.2, 0.25) is 0 Å². The minimum absolute atomic E-state index is 0.222. The van der Waals surface area contributed by atoms with Crippen LogP contribution in [0.3, 0.4) is 0 Å². The molecule has 2 aliphatic rings. The summed E-state index contributed by atoms with van der Waals surface area (Å²) >= 11 is 5.67. The van der Waals surface area contributed by atoms with Gasteiger partial charge in [0.25, 0.3) is 0 Å². The lowest BCUT2D eigenvalue weighted by Gasteiger charge is -2.25. The number of hydrogen-bond donors (Lipinski definition) is 1. The number of piperidine rings is 1. The Kier molecular flexibility index (Phi) is 2.72. The zero-order valence-electron chi connectivity index (χ0n) is 9.39. The average Bonchev–Trinajstić information content (AvgIpc) is 3.04. The van der Waals surface area contributed by atoms with Crippen molar-refractivity contribution in [3.63, 3.8) is 0 Å². The van der Waals surface area contributed by atoms with Crippen molar-refractivity contribution < 1.29 is 8.42 Å². The normalized spacial score (nSPS) is 29.0. The van der Waals surface area contributed by atoms with E-state index < -0.39 is 10.0 Å². The fourth-order valence-electron chi connectivity index (χ4n) is 2.95. The van der Waals surface area contributed by atoms with Gasteiger partial charge >= 0.3 is 0 Å². The minimum atomic E-state index is -3.32. The van der Waals surface area contributed by atoms with Gasteiger partial charge in [-0.2, -0.15) is 4.31 Å².